The van der Waals surface area contributed by atoms with Gasteiger partial charge in [0.1, 0.15) is 5.76 Å². The van der Waals surface area contributed by atoms with Crippen molar-refractivity contribution in [2.75, 3.05) is 5.32 Å². The van der Waals surface area contributed by atoms with E-state index in [9.17, 15) is 4.79 Å². The molecule has 0 saturated carbocycles. The molecule has 0 aliphatic heterocycles. The van der Waals surface area contributed by atoms with Gasteiger partial charge in [0.25, 0.3) is 0 Å². The monoisotopic (exact) mass is 309 g/mol. The van der Waals surface area contributed by atoms with Crippen molar-refractivity contribution in [1.82, 2.24) is 9.78 Å². The summed E-state index contributed by atoms with van der Waals surface area (Å²) in [7, 11) is 1.85. The number of anilines is 1. The molecule has 0 aliphatic carbocycles. The van der Waals surface area contributed by atoms with Gasteiger partial charge in [-0.05, 0) is 24.6 Å². The number of nitrogens with zero attached hydrogens (tertiary/aromatic N) is 2. The standard InChI is InChI=1S/C18H19N3O2/c1-13-16(12-19-21(13)2)20-18(22)11-15(17-9-6-10-23-17)14-7-4-3-5-8-14/h3-10,12,15H,11H2,1-2H3,(H,20,22). The molecule has 0 fully saturated rings. The largest absolute Gasteiger partial charge is 0.469 e. The molecule has 0 radical (unpaired) electrons. The number of aryl methyl sites for hydroxylation is 1. The minimum atomic E-state index is -0.108. The Balaban J connectivity index is 1.79. The number of nitrogens with one attached hydrogen (secondary N) is 1. The second-order valence-corrected chi connectivity index (χ2v) is 5.50. The summed E-state index contributed by atoms with van der Waals surface area (Å²) in [5.74, 6) is 0.615. The molecule has 1 N–H and O–H groups in total. The second kappa shape index (κ2) is 6.52. The highest BCUT2D eigenvalue weighted by atomic mass is 16.3. The third-order valence-corrected chi connectivity index (χ3v) is 3.99. The first-order valence-corrected chi connectivity index (χ1v) is 7.52. The van der Waals surface area contributed by atoms with Gasteiger partial charge in [0.2, 0.25) is 5.91 Å². The van der Waals surface area contributed by atoms with E-state index in [0.29, 0.717) is 6.42 Å². The number of aromatic nitrogens is 2. The van der Waals surface area contributed by atoms with E-state index >= 15 is 0 Å². The number of hydrogen-bond donors (Lipinski definition) is 1. The highest BCUT2D eigenvalue weighted by Gasteiger charge is 2.21. The minimum absolute atomic E-state index is 0.0636. The molecule has 0 aliphatic rings. The zero-order valence-corrected chi connectivity index (χ0v) is 13.2. The van der Waals surface area contributed by atoms with Gasteiger partial charge in [-0.1, -0.05) is 30.3 Å². The Morgan fingerprint density at radius 3 is 2.65 bits per heavy atom. The van der Waals surface area contributed by atoms with Crippen LogP contribution in [0.3, 0.4) is 0 Å². The van der Waals surface area contributed by atoms with Crippen molar-refractivity contribution in [3.63, 3.8) is 0 Å². The fourth-order valence-corrected chi connectivity index (χ4v) is 2.57. The molecule has 0 saturated heterocycles. The van der Waals surface area contributed by atoms with Gasteiger partial charge < -0.3 is 9.73 Å². The molecule has 23 heavy (non-hydrogen) atoms. The van der Waals surface area contributed by atoms with Crippen LogP contribution in [-0.2, 0) is 11.8 Å². The number of carbonyl (C=O) groups is 1. The maximum absolute atomic E-state index is 12.5. The summed E-state index contributed by atoms with van der Waals surface area (Å²) < 4.78 is 7.27. The first kappa shape index (κ1) is 15.1. The molecular weight excluding hydrogens is 290 g/mol. The summed E-state index contributed by atoms with van der Waals surface area (Å²) >= 11 is 0. The number of rotatable bonds is 5. The molecule has 5 heteroatoms. The molecule has 0 spiro atoms. The van der Waals surface area contributed by atoms with Crippen LogP contribution in [0.1, 0.15) is 29.4 Å². The van der Waals surface area contributed by atoms with Gasteiger partial charge in [0.15, 0.2) is 0 Å². The Morgan fingerprint density at radius 2 is 2.04 bits per heavy atom. The second-order valence-electron chi connectivity index (χ2n) is 5.50. The summed E-state index contributed by atoms with van der Waals surface area (Å²) in [5.41, 5.74) is 2.72. The molecule has 3 rings (SSSR count). The SMILES string of the molecule is Cc1c(NC(=O)CC(c2ccccc2)c2ccco2)cnn1C. The highest BCUT2D eigenvalue weighted by Crippen LogP contribution is 2.29. The zero-order chi connectivity index (χ0) is 16.2. The number of hydrogen-bond acceptors (Lipinski definition) is 3. The maximum atomic E-state index is 12.5. The molecule has 1 aromatic carbocycles. The quantitative estimate of drug-likeness (QED) is 0.785. The van der Waals surface area contributed by atoms with E-state index in [-0.39, 0.29) is 11.8 Å². The number of furan rings is 1. The zero-order valence-electron chi connectivity index (χ0n) is 13.2. The predicted molar refractivity (Wildman–Crippen MR) is 88.2 cm³/mol. The van der Waals surface area contributed by atoms with E-state index in [4.69, 9.17) is 4.42 Å². The molecule has 3 aromatic rings. The summed E-state index contributed by atoms with van der Waals surface area (Å²) in [4.78, 5) is 12.5. The Hall–Kier alpha value is -2.82. The lowest BCUT2D eigenvalue weighted by Crippen LogP contribution is -2.16. The van der Waals surface area contributed by atoms with Gasteiger partial charge in [0, 0.05) is 13.5 Å². The predicted octanol–water partition coefficient (Wildman–Crippen LogP) is 3.48. The van der Waals surface area contributed by atoms with Crippen LogP contribution in [0.5, 0.6) is 0 Å². The summed E-state index contributed by atoms with van der Waals surface area (Å²) in [6.45, 7) is 1.92. The topological polar surface area (TPSA) is 60.1 Å². The molecule has 2 heterocycles. The van der Waals surface area contributed by atoms with E-state index in [1.165, 1.54) is 0 Å². The van der Waals surface area contributed by atoms with Crippen molar-refractivity contribution in [2.24, 2.45) is 7.05 Å². The minimum Gasteiger partial charge on any atom is -0.469 e. The third-order valence-electron chi connectivity index (χ3n) is 3.99. The van der Waals surface area contributed by atoms with Crippen molar-refractivity contribution in [3.05, 3.63) is 71.9 Å². The van der Waals surface area contributed by atoms with Crippen LogP contribution in [0.2, 0.25) is 0 Å². The molecule has 1 unspecified atom stereocenters. The summed E-state index contributed by atoms with van der Waals surface area (Å²) in [6, 6.07) is 13.7. The van der Waals surface area contributed by atoms with Crippen LogP contribution in [0.4, 0.5) is 5.69 Å². The lowest BCUT2D eigenvalue weighted by Gasteiger charge is -2.15. The molecular formula is C18H19N3O2. The molecule has 1 amide bonds. The smallest absolute Gasteiger partial charge is 0.225 e. The Bertz CT molecular complexity index is 776. The number of amides is 1. The molecule has 1 atom stereocenters. The van der Waals surface area contributed by atoms with Gasteiger partial charge in [0.05, 0.1) is 29.8 Å². The lowest BCUT2D eigenvalue weighted by molar-refractivity contribution is -0.116. The Kier molecular flexibility index (Phi) is 4.28. The van der Waals surface area contributed by atoms with Crippen LogP contribution >= 0.6 is 0 Å². The first-order valence-electron chi connectivity index (χ1n) is 7.52. The fraction of sp³-hybridized carbons (Fsp3) is 0.222. The third kappa shape index (κ3) is 3.34. The summed E-state index contributed by atoms with van der Waals surface area (Å²) in [6.07, 6.45) is 3.61. The van der Waals surface area contributed by atoms with Crippen molar-refractivity contribution < 1.29 is 9.21 Å². The van der Waals surface area contributed by atoms with Gasteiger partial charge in [-0.2, -0.15) is 5.10 Å². The van der Waals surface area contributed by atoms with Crippen molar-refractivity contribution in [3.8, 4) is 0 Å². The van der Waals surface area contributed by atoms with Crippen LogP contribution in [0.15, 0.2) is 59.3 Å². The Morgan fingerprint density at radius 1 is 1.26 bits per heavy atom. The number of benzene rings is 1. The van der Waals surface area contributed by atoms with Gasteiger partial charge in [-0.25, -0.2) is 0 Å². The lowest BCUT2D eigenvalue weighted by atomic mass is 9.93. The molecule has 0 bridgehead atoms. The first-order chi connectivity index (χ1) is 11.1. The maximum Gasteiger partial charge on any atom is 0.225 e. The Labute approximate surface area is 134 Å². The average molecular weight is 309 g/mol. The van der Waals surface area contributed by atoms with Crippen LogP contribution < -0.4 is 5.32 Å². The number of carbonyl (C=O) groups excluding carboxylic acids is 1. The van der Waals surface area contributed by atoms with Gasteiger partial charge >= 0.3 is 0 Å². The van der Waals surface area contributed by atoms with Crippen molar-refractivity contribution >= 4 is 11.6 Å². The van der Waals surface area contributed by atoms with E-state index in [1.54, 1.807) is 17.1 Å². The van der Waals surface area contributed by atoms with Crippen LogP contribution in [-0.4, -0.2) is 15.7 Å². The fourth-order valence-electron chi connectivity index (χ4n) is 2.57. The van der Waals surface area contributed by atoms with Gasteiger partial charge in [-0.15, -0.1) is 0 Å². The molecule has 5 nitrogen and oxygen atoms in total. The molecule has 118 valence electrons. The van der Waals surface area contributed by atoms with Crippen molar-refractivity contribution in [1.29, 1.82) is 0 Å². The van der Waals surface area contributed by atoms with Crippen LogP contribution in [0, 0.1) is 6.92 Å². The van der Waals surface area contributed by atoms with E-state index < -0.39 is 0 Å². The average Bonchev–Trinajstić information content (AvgIpc) is 3.19. The van der Waals surface area contributed by atoms with E-state index in [1.807, 2.05) is 56.4 Å². The normalized spacial score (nSPS) is 12.1. The van der Waals surface area contributed by atoms with Crippen LogP contribution in [0.25, 0.3) is 0 Å². The van der Waals surface area contributed by atoms with Crippen molar-refractivity contribution in [2.45, 2.75) is 19.3 Å². The molecule has 2 aromatic heterocycles. The summed E-state index contributed by atoms with van der Waals surface area (Å²) in [5, 5.41) is 7.07. The van der Waals surface area contributed by atoms with E-state index in [2.05, 4.69) is 10.4 Å². The highest BCUT2D eigenvalue weighted by molar-refractivity contribution is 5.91. The van der Waals surface area contributed by atoms with E-state index in [0.717, 1.165) is 22.7 Å². The van der Waals surface area contributed by atoms with Gasteiger partial charge in [-0.3, -0.25) is 9.48 Å².